The molecule has 1 amide bonds. The number of hydrogen-bond donors (Lipinski definition) is 1. The van der Waals surface area contributed by atoms with Gasteiger partial charge in [-0.15, -0.1) is 0 Å². The number of thioether (sulfide) groups is 1. The fraction of sp³-hybridized carbons (Fsp3) is 0.182. The molecule has 2 aliphatic rings. The molecule has 0 aliphatic carbocycles. The van der Waals surface area contributed by atoms with Gasteiger partial charge in [0.2, 0.25) is 5.17 Å². The summed E-state index contributed by atoms with van der Waals surface area (Å²) in [5.41, 5.74) is 2.50. The van der Waals surface area contributed by atoms with E-state index in [1.165, 1.54) is 35.0 Å². The third-order valence-corrected chi connectivity index (χ3v) is 6.07. The molecule has 33 heavy (non-hydrogen) atoms. The lowest BCUT2D eigenvalue weighted by Gasteiger charge is -2.20. The quantitative estimate of drug-likeness (QED) is 0.493. The van der Waals surface area contributed by atoms with Crippen molar-refractivity contribution in [3.05, 3.63) is 64.7 Å². The summed E-state index contributed by atoms with van der Waals surface area (Å²) in [5, 5.41) is 15.4. The van der Waals surface area contributed by atoms with Gasteiger partial charge in [0, 0.05) is 5.56 Å². The smallest absolute Gasteiger partial charge is 0.306 e. The normalized spacial score (nSPS) is 17.1. The van der Waals surface area contributed by atoms with Crippen molar-refractivity contribution < 1.29 is 22.1 Å². The first-order valence-corrected chi connectivity index (χ1v) is 12.5. The number of benzene rings is 2. The number of hydrazone groups is 1. The highest BCUT2D eigenvalue weighted by Crippen LogP contribution is 2.33. The molecule has 0 saturated heterocycles. The molecular formula is C22H20N4O5S2. The highest BCUT2D eigenvalue weighted by Gasteiger charge is 2.36. The first kappa shape index (κ1) is 22.7. The molecule has 2 aromatic rings. The average Bonchev–Trinajstić information content (AvgIpc) is 3.16. The second kappa shape index (κ2) is 8.83. The lowest BCUT2D eigenvalue weighted by molar-refractivity contribution is -0.114. The van der Waals surface area contributed by atoms with Crippen molar-refractivity contribution in [3.63, 3.8) is 0 Å². The van der Waals surface area contributed by atoms with Crippen LogP contribution in [-0.2, 0) is 14.9 Å². The van der Waals surface area contributed by atoms with E-state index >= 15 is 0 Å². The molecule has 0 bridgehead atoms. The van der Waals surface area contributed by atoms with Crippen LogP contribution in [0.25, 0.3) is 6.08 Å². The predicted octanol–water partition coefficient (Wildman–Crippen LogP) is 3.40. The average molecular weight is 485 g/mol. The first-order chi connectivity index (χ1) is 15.7. The molecule has 0 radical (unpaired) electrons. The van der Waals surface area contributed by atoms with E-state index in [4.69, 9.17) is 14.3 Å². The van der Waals surface area contributed by atoms with Gasteiger partial charge in [0.25, 0.3) is 5.91 Å². The fourth-order valence-electron chi connectivity index (χ4n) is 3.20. The molecule has 0 atom stereocenters. The van der Waals surface area contributed by atoms with Gasteiger partial charge in [0.15, 0.2) is 17.3 Å². The largest absolute Gasteiger partial charge is 0.490 e. The Kier molecular flexibility index (Phi) is 6.09. The lowest BCUT2D eigenvalue weighted by Crippen LogP contribution is -2.35. The van der Waals surface area contributed by atoms with E-state index in [1.807, 2.05) is 31.2 Å². The van der Waals surface area contributed by atoms with Crippen molar-refractivity contribution >= 4 is 49.9 Å². The van der Waals surface area contributed by atoms with Gasteiger partial charge in [0.05, 0.1) is 18.4 Å². The number of carbonyl (C=O) groups is 1. The lowest BCUT2D eigenvalue weighted by atomic mass is 10.1. The molecule has 9 nitrogen and oxygen atoms in total. The number of nitrogens with one attached hydrogen (secondary N) is 1. The zero-order chi connectivity index (χ0) is 23.8. The van der Waals surface area contributed by atoms with Gasteiger partial charge in [-0.2, -0.15) is 23.5 Å². The van der Waals surface area contributed by atoms with Gasteiger partial charge in [-0.1, -0.05) is 30.3 Å². The van der Waals surface area contributed by atoms with E-state index in [0.29, 0.717) is 15.8 Å². The van der Waals surface area contributed by atoms with Crippen molar-refractivity contribution in [1.29, 1.82) is 5.41 Å². The SMILES string of the molecule is CCOc1cc(/C=C2/C(=N)N3N=C(c4ccccc4C)SC3=NC2=O)ccc1OS(C)(=O)=O. The number of amidine groups is 2. The van der Waals surface area contributed by atoms with E-state index in [-0.39, 0.29) is 29.5 Å². The van der Waals surface area contributed by atoms with Crippen LogP contribution in [0.3, 0.4) is 0 Å². The van der Waals surface area contributed by atoms with Crippen molar-refractivity contribution in [3.8, 4) is 11.5 Å². The molecule has 1 N–H and O–H groups in total. The molecule has 4 rings (SSSR count). The van der Waals surface area contributed by atoms with Gasteiger partial charge >= 0.3 is 10.1 Å². The van der Waals surface area contributed by atoms with Crippen LogP contribution in [0.4, 0.5) is 0 Å². The first-order valence-electron chi connectivity index (χ1n) is 9.89. The van der Waals surface area contributed by atoms with Crippen molar-refractivity contribution in [2.75, 3.05) is 12.9 Å². The summed E-state index contributed by atoms with van der Waals surface area (Å²) in [4.78, 5) is 16.8. The maximum absolute atomic E-state index is 12.7. The monoisotopic (exact) mass is 484 g/mol. The standard InChI is InChI=1S/C22H20N4O5S2/c1-4-30-18-12-14(9-10-17(18)31-33(3,28)29)11-16-19(23)26-22(24-20(16)27)32-21(25-26)15-8-6-5-7-13(15)2/h5-12,23H,4H2,1-3H3/b16-11-,23-19?. The maximum Gasteiger partial charge on any atom is 0.306 e. The summed E-state index contributed by atoms with van der Waals surface area (Å²) in [7, 11) is -3.74. The minimum absolute atomic E-state index is 0.0373. The highest BCUT2D eigenvalue weighted by atomic mass is 32.2. The Hall–Kier alpha value is -3.44. The molecule has 11 heteroatoms. The van der Waals surface area contributed by atoms with E-state index < -0.39 is 16.0 Å². The summed E-state index contributed by atoms with van der Waals surface area (Å²) in [6.07, 6.45) is 2.43. The molecular weight excluding hydrogens is 464 g/mol. The summed E-state index contributed by atoms with van der Waals surface area (Å²) in [6.45, 7) is 4.00. The van der Waals surface area contributed by atoms with Crippen LogP contribution in [0.5, 0.6) is 11.5 Å². The van der Waals surface area contributed by atoms with E-state index in [9.17, 15) is 13.2 Å². The van der Waals surface area contributed by atoms with E-state index in [1.54, 1.807) is 13.0 Å². The minimum atomic E-state index is -3.74. The number of carbonyl (C=O) groups excluding carboxylic acids is 1. The van der Waals surface area contributed by atoms with Gasteiger partial charge < -0.3 is 8.92 Å². The predicted molar refractivity (Wildman–Crippen MR) is 128 cm³/mol. The third-order valence-electron chi connectivity index (χ3n) is 4.65. The number of aliphatic imine (C=N–C) groups is 1. The maximum atomic E-state index is 12.7. The topological polar surface area (TPSA) is 121 Å². The molecule has 2 aliphatic heterocycles. The number of aryl methyl sites for hydroxylation is 1. The van der Waals surface area contributed by atoms with E-state index in [2.05, 4.69) is 10.1 Å². The summed E-state index contributed by atoms with van der Waals surface area (Å²) in [6, 6.07) is 12.3. The molecule has 170 valence electrons. The second-order valence-electron chi connectivity index (χ2n) is 7.17. The molecule has 0 saturated carbocycles. The Balaban J connectivity index is 1.67. The minimum Gasteiger partial charge on any atom is -0.490 e. The van der Waals surface area contributed by atoms with Crippen LogP contribution in [0.2, 0.25) is 0 Å². The summed E-state index contributed by atoms with van der Waals surface area (Å²) < 4.78 is 33.5. The van der Waals surface area contributed by atoms with Crippen LogP contribution in [-0.4, -0.2) is 48.2 Å². The number of ether oxygens (including phenoxy) is 1. The Bertz CT molecular complexity index is 1360. The number of nitrogens with zero attached hydrogens (tertiary/aromatic N) is 3. The molecule has 0 fully saturated rings. The summed E-state index contributed by atoms with van der Waals surface area (Å²) >= 11 is 1.24. The van der Waals surface area contributed by atoms with Crippen LogP contribution in [0.15, 0.2) is 58.1 Å². The molecule has 2 aromatic carbocycles. The molecule has 2 heterocycles. The highest BCUT2D eigenvalue weighted by molar-refractivity contribution is 8.27. The molecule has 0 unspecified atom stereocenters. The van der Waals surface area contributed by atoms with Gasteiger partial charge in [-0.05, 0) is 54.9 Å². The number of rotatable bonds is 6. The third kappa shape index (κ3) is 4.83. The van der Waals surface area contributed by atoms with Crippen LogP contribution < -0.4 is 8.92 Å². The van der Waals surface area contributed by atoms with E-state index in [0.717, 1.165) is 17.4 Å². The Morgan fingerprint density at radius 1 is 1.18 bits per heavy atom. The fourth-order valence-corrected chi connectivity index (χ4v) is 4.64. The molecule has 0 spiro atoms. The number of fused-ring (bicyclic) bond motifs is 1. The van der Waals surface area contributed by atoms with Crippen LogP contribution >= 0.6 is 11.8 Å². The Morgan fingerprint density at radius 3 is 2.64 bits per heavy atom. The van der Waals surface area contributed by atoms with Crippen LogP contribution in [0.1, 0.15) is 23.6 Å². The van der Waals surface area contributed by atoms with Crippen molar-refractivity contribution in [2.45, 2.75) is 13.8 Å². The van der Waals surface area contributed by atoms with Crippen molar-refractivity contribution in [2.24, 2.45) is 10.1 Å². The summed E-state index contributed by atoms with van der Waals surface area (Å²) in [5.74, 6) is -0.423. The molecule has 0 aromatic heterocycles. The van der Waals surface area contributed by atoms with Gasteiger partial charge in [-0.3, -0.25) is 10.2 Å². The van der Waals surface area contributed by atoms with Crippen molar-refractivity contribution in [1.82, 2.24) is 5.01 Å². The zero-order valence-electron chi connectivity index (χ0n) is 18.0. The van der Waals surface area contributed by atoms with Crippen LogP contribution in [0, 0.1) is 12.3 Å². The van der Waals surface area contributed by atoms with Gasteiger partial charge in [0.1, 0.15) is 5.04 Å². The Morgan fingerprint density at radius 2 is 1.94 bits per heavy atom. The number of hydrogen-bond acceptors (Lipinski definition) is 8. The number of amides is 1. The Labute approximate surface area is 195 Å². The zero-order valence-corrected chi connectivity index (χ0v) is 19.7. The second-order valence-corrected chi connectivity index (χ2v) is 9.70. The van der Waals surface area contributed by atoms with Gasteiger partial charge in [-0.25, -0.2) is 0 Å².